The highest BCUT2D eigenvalue weighted by Crippen LogP contribution is 2.28. The maximum Gasteiger partial charge on any atom is 0.241 e. The van der Waals surface area contributed by atoms with Crippen molar-refractivity contribution < 1.29 is 4.74 Å². The van der Waals surface area contributed by atoms with Crippen LogP contribution in [0, 0.1) is 0 Å². The van der Waals surface area contributed by atoms with Crippen LogP contribution in [-0.2, 0) is 4.74 Å². The zero-order valence-corrected chi connectivity index (χ0v) is 10.9. The third-order valence-electron chi connectivity index (χ3n) is 3.59. The van der Waals surface area contributed by atoms with Gasteiger partial charge in [0.25, 0.3) is 0 Å². The summed E-state index contributed by atoms with van der Waals surface area (Å²) < 4.78 is 5.61. The van der Waals surface area contributed by atoms with Gasteiger partial charge in [0.2, 0.25) is 5.95 Å². The average molecular weight is 263 g/mol. The smallest absolute Gasteiger partial charge is 0.241 e. The van der Waals surface area contributed by atoms with Crippen LogP contribution in [0.25, 0.3) is 11.0 Å². The number of fused-ring (bicyclic) bond motifs is 1. The summed E-state index contributed by atoms with van der Waals surface area (Å²) in [6.07, 6.45) is 2.88. The van der Waals surface area contributed by atoms with Gasteiger partial charge in [-0.1, -0.05) is 0 Å². The number of ether oxygens (including phenoxy) is 1. The van der Waals surface area contributed by atoms with E-state index in [1.54, 1.807) is 6.20 Å². The second-order valence-corrected chi connectivity index (χ2v) is 4.69. The lowest BCUT2D eigenvalue weighted by Crippen LogP contribution is -2.37. The molecule has 1 aliphatic heterocycles. The Morgan fingerprint density at radius 3 is 3.05 bits per heavy atom. The van der Waals surface area contributed by atoms with E-state index in [1.807, 2.05) is 7.05 Å². The van der Waals surface area contributed by atoms with Crippen LogP contribution in [0.4, 0.5) is 11.8 Å². The first kappa shape index (κ1) is 12.1. The summed E-state index contributed by atoms with van der Waals surface area (Å²) in [4.78, 5) is 10.8. The van der Waals surface area contributed by atoms with Gasteiger partial charge in [-0.25, -0.2) is 5.84 Å². The number of H-pyrrole nitrogens is 1. The van der Waals surface area contributed by atoms with E-state index in [0.29, 0.717) is 17.6 Å². The van der Waals surface area contributed by atoms with E-state index in [-0.39, 0.29) is 6.10 Å². The number of hydrogen-bond acceptors (Lipinski definition) is 7. The lowest BCUT2D eigenvalue weighted by atomic mass is 10.1. The Balaban J connectivity index is 2.05. The molecule has 4 N–H and O–H groups in total. The third-order valence-corrected chi connectivity index (χ3v) is 3.59. The number of anilines is 2. The van der Waals surface area contributed by atoms with Crippen molar-refractivity contribution in [2.45, 2.75) is 25.5 Å². The summed E-state index contributed by atoms with van der Waals surface area (Å²) >= 11 is 0. The molecule has 2 atom stereocenters. The first-order chi connectivity index (χ1) is 9.20. The molecule has 0 aliphatic carbocycles. The van der Waals surface area contributed by atoms with E-state index in [1.165, 1.54) is 0 Å². The Labute approximate surface area is 110 Å². The van der Waals surface area contributed by atoms with Gasteiger partial charge in [0.1, 0.15) is 5.82 Å². The summed E-state index contributed by atoms with van der Waals surface area (Å²) in [5.41, 5.74) is 3.14. The van der Waals surface area contributed by atoms with Crippen molar-refractivity contribution >= 4 is 22.8 Å². The van der Waals surface area contributed by atoms with Crippen LogP contribution in [0.5, 0.6) is 0 Å². The van der Waals surface area contributed by atoms with Crippen LogP contribution in [0.3, 0.4) is 0 Å². The van der Waals surface area contributed by atoms with Crippen molar-refractivity contribution in [3.05, 3.63) is 6.20 Å². The highest BCUT2D eigenvalue weighted by molar-refractivity contribution is 5.87. The minimum absolute atomic E-state index is 0.177. The highest BCUT2D eigenvalue weighted by Gasteiger charge is 2.30. The van der Waals surface area contributed by atoms with Crippen molar-refractivity contribution in [2.24, 2.45) is 5.84 Å². The molecule has 102 valence electrons. The number of nitrogens with zero attached hydrogens (tertiary/aromatic N) is 4. The van der Waals surface area contributed by atoms with Crippen LogP contribution in [0.2, 0.25) is 0 Å². The first-order valence-corrected chi connectivity index (χ1v) is 6.23. The van der Waals surface area contributed by atoms with Crippen LogP contribution in [0.15, 0.2) is 6.20 Å². The predicted molar refractivity (Wildman–Crippen MR) is 71.7 cm³/mol. The molecular weight excluding hydrogens is 246 g/mol. The molecule has 0 aromatic carbocycles. The molecule has 3 heterocycles. The van der Waals surface area contributed by atoms with Crippen molar-refractivity contribution in [2.75, 3.05) is 24.0 Å². The summed E-state index contributed by atoms with van der Waals surface area (Å²) in [7, 11) is 2.00. The second-order valence-electron chi connectivity index (χ2n) is 4.69. The fraction of sp³-hybridized carbons (Fsp3) is 0.545. The lowest BCUT2D eigenvalue weighted by molar-refractivity contribution is 0.118. The van der Waals surface area contributed by atoms with E-state index in [9.17, 15) is 0 Å². The van der Waals surface area contributed by atoms with E-state index >= 15 is 0 Å². The SMILES string of the molecule is CC1OCCC1N(C)c1nc(NN)nc2[nH]ncc12. The van der Waals surface area contributed by atoms with Gasteiger partial charge >= 0.3 is 0 Å². The molecule has 2 unspecified atom stereocenters. The number of hydrogen-bond donors (Lipinski definition) is 3. The van der Waals surface area contributed by atoms with Gasteiger partial charge in [-0.3, -0.25) is 10.5 Å². The van der Waals surface area contributed by atoms with Gasteiger partial charge in [0.05, 0.1) is 23.7 Å². The zero-order valence-electron chi connectivity index (χ0n) is 10.9. The van der Waals surface area contributed by atoms with Crippen molar-refractivity contribution in [1.29, 1.82) is 0 Å². The number of aromatic amines is 1. The minimum atomic E-state index is 0.177. The third kappa shape index (κ3) is 1.98. The fourth-order valence-corrected chi connectivity index (χ4v) is 2.54. The molecule has 19 heavy (non-hydrogen) atoms. The molecule has 2 aromatic rings. The summed E-state index contributed by atoms with van der Waals surface area (Å²) in [5, 5.41) is 7.72. The molecule has 0 radical (unpaired) electrons. The molecular formula is C11H17N7O. The summed E-state index contributed by atoms with van der Waals surface area (Å²) in [5.74, 6) is 6.57. The molecule has 8 heteroatoms. The molecule has 0 bridgehead atoms. The van der Waals surface area contributed by atoms with Crippen molar-refractivity contribution in [1.82, 2.24) is 20.2 Å². The largest absolute Gasteiger partial charge is 0.376 e. The first-order valence-electron chi connectivity index (χ1n) is 6.23. The lowest BCUT2D eigenvalue weighted by Gasteiger charge is -2.28. The van der Waals surface area contributed by atoms with Crippen LogP contribution in [0.1, 0.15) is 13.3 Å². The Bertz CT molecular complexity index is 583. The summed E-state index contributed by atoms with van der Waals surface area (Å²) in [6, 6.07) is 0.290. The van der Waals surface area contributed by atoms with Gasteiger partial charge in [0, 0.05) is 13.7 Å². The maximum atomic E-state index is 5.61. The highest BCUT2D eigenvalue weighted by atomic mass is 16.5. The Morgan fingerprint density at radius 1 is 1.53 bits per heavy atom. The van der Waals surface area contributed by atoms with E-state index in [4.69, 9.17) is 10.6 Å². The Hall–Kier alpha value is -1.93. The number of aromatic nitrogens is 4. The standard InChI is InChI=1S/C11H17N7O/c1-6-8(3-4-19-6)18(2)10-7-5-13-17-9(7)14-11(15-10)16-12/h5-6,8H,3-4,12H2,1-2H3,(H2,13,14,15,16,17). The van der Waals surface area contributed by atoms with Crippen molar-refractivity contribution in [3.63, 3.8) is 0 Å². The molecule has 0 amide bonds. The molecule has 8 nitrogen and oxygen atoms in total. The number of nitrogen functional groups attached to an aromatic ring is 1. The van der Waals surface area contributed by atoms with Crippen molar-refractivity contribution in [3.8, 4) is 0 Å². The topological polar surface area (TPSA) is 105 Å². The predicted octanol–water partition coefficient (Wildman–Crippen LogP) is 0.252. The van der Waals surface area contributed by atoms with Gasteiger partial charge in [0.15, 0.2) is 5.65 Å². The van der Waals surface area contributed by atoms with E-state index < -0.39 is 0 Å². The van der Waals surface area contributed by atoms with Crippen LogP contribution < -0.4 is 16.2 Å². The van der Waals surface area contributed by atoms with E-state index in [2.05, 4.69) is 37.4 Å². The van der Waals surface area contributed by atoms with Crippen LogP contribution >= 0.6 is 0 Å². The Morgan fingerprint density at radius 2 is 2.37 bits per heavy atom. The fourth-order valence-electron chi connectivity index (χ4n) is 2.54. The summed E-state index contributed by atoms with van der Waals surface area (Å²) in [6.45, 7) is 2.85. The van der Waals surface area contributed by atoms with Gasteiger partial charge in [-0.2, -0.15) is 15.1 Å². The minimum Gasteiger partial charge on any atom is -0.376 e. The normalized spacial score (nSPS) is 22.9. The monoisotopic (exact) mass is 263 g/mol. The number of nitrogens with two attached hydrogens (primary N) is 1. The van der Waals surface area contributed by atoms with Crippen LogP contribution in [-0.4, -0.2) is 46.0 Å². The van der Waals surface area contributed by atoms with Gasteiger partial charge < -0.3 is 9.64 Å². The van der Waals surface area contributed by atoms with Gasteiger partial charge in [-0.05, 0) is 13.3 Å². The number of rotatable bonds is 3. The average Bonchev–Trinajstić information content (AvgIpc) is 3.04. The molecule has 3 rings (SSSR count). The zero-order chi connectivity index (χ0) is 13.4. The maximum absolute atomic E-state index is 5.61. The quantitative estimate of drug-likeness (QED) is 0.538. The molecule has 1 saturated heterocycles. The van der Waals surface area contributed by atoms with Gasteiger partial charge in [-0.15, -0.1) is 0 Å². The Kier molecular flexibility index (Phi) is 2.96. The second kappa shape index (κ2) is 4.63. The molecule has 0 saturated carbocycles. The number of nitrogens with one attached hydrogen (secondary N) is 2. The molecule has 1 aliphatic rings. The molecule has 1 fully saturated rings. The molecule has 0 spiro atoms. The molecule has 2 aromatic heterocycles. The number of hydrazine groups is 1. The number of likely N-dealkylation sites (N-methyl/N-ethyl adjacent to an activating group) is 1. The van der Waals surface area contributed by atoms with E-state index in [0.717, 1.165) is 24.2 Å².